The molecule has 6 nitrogen and oxygen atoms in total. The van der Waals surface area contributed by atoms with Crippen LogP contribution in [0.2, 0.25) is 0 Å². The van der Waals surface area contributed by atoms with Crippen LogP contribution in [0.15, 0.2) is 36.7 Å². The Kier molecular flexibility index (Phi) is 4.61. The Morgan fingerprint density at radius 2 is 2.17 bits per heavy atom. The molecule has 2 aromatic rings. The van der Waals surface area contributed by atoms with E-state index in [1.165, 1.54) is 30.1 Å². The molecule has 0 aliphatic rings. The predicted molar refractivity (Wildman–Crippen MR) is 77.6 cm³/mol. The topological polar surface area (TPSA) is 90.9 Å². The fourth-order valence-corrected chi connectivity index (χ4v) is 2.00. The molecule has 0 bridgehead atoms. The first-order valence-electron chi connectivity index (χ1n) is 6.76. The summed E-state index contributed by atoms with van der Waals surface area (Å²) in [4.78, 5) is 12.1. The quantitative estimate of drug-likeness (QED) is 0.894. The maximum Gasteiger partial charge on any atom is 0.417 e. The molecule has 1 heterocycles. The molecule has 0 aliphatic carbocycles. The smallest absolute Gasteiger partial charge is 0.378 e. The van der Waals surface area contributed by atoms with E-state index in [1.54, 1.807) is 6.07 Å². The molecule has 0 spiro atoms. The van der Waals surface area contributed by atoms with Gasteiger partial charge in [0.05, 0.1) is 23.7 Å². The zero-order chi connectivity index (χ0) is 18.0. The molecule has 0 saturated carbocycles. The van der Waals surface area contributed by atoms with Crippen LogP contribution in [0.1, 0.15) is 18.1 Å². The molecular formula is C15H13F3N4O2. The Hall–Kier alpha value is -2.86. The normalized spacial score (nSPS) is 13.8. The van der Waals surface area contributed by atoms with Crippen molar-refractivity contribution < 1.29 is 23.1 Å². The second-order valence-corrected chi connectivity index (χ2v) is 5.30. The van der Waals surface area contributed by atoms with Gasteiger partial charge in [-0.2, -0.15) is 23.5 Å². The number of benzene rings is 1. The van der Waals surface area contributed by atoms with Crippen LogP contribution in [0, 0.1) is 11.3 Å². The average Bonchev–Trinajstić information content (AvgIpc) is 2.98. The lowest BCUT2D eigenvalue weighted by molar-refractivity contribution is -0.138. The minimum atomic E-state index is -4.73. The molecule has 126 valence electrons. The van der Waals surface area contributed by atoms with Crippen LogP contribution in [-0.2, 0) is 17.5 Å². The fraction of sp³-hybridized carbons (Fsp3) is 0.267. The first kappa shape index (κ1) is 17.5. The number of aromatic nitrogens is 2. The third-order valence-corrected chi connectivity index (χ3v) is 3.22. The van der Waals surface area contributed by atoms with Crippen molar-refractivity contribution in [3.05, 3.63) is 47.8 Å². The highest BCUT2D eigenvalue weighted by Crippen LogP contribution is 2.33. The van der Waals surface area contributed by atoms with Crippen molar-refractivity contribution in [2.24, 2.45) is 0 Å². The van der Waals surface area contributed by atoms with Crippen molar-refractivity contribution in [1.82, 2.24) is 9.78 Å². The van der Waals surface area contributed by atoms with Crippen molar-refractivity contribution in [1.29, 1.82) is 5.26 Å². The van der Waals surface area contributed by atoms with Gasteiger partial charge in [-0.25, -0.2) is 0 Å². The summed E-state index contributed by atoms with van der Waals surface area (Å²) in [5.41, 5.74) is -3.77. The second-order valence-electron chi connectivity index (χ2n) is 5.30. The van der Waals surface area contributed by atoms with E-state index in [2.05, 4.69) is 10.4 Å². The third kappa shape index (κ3) is 3.91. The van der Waals surface area contributed by atoms with Crippen molar-refractivity contribution >= 4 is 11.6 Å². The molecule has 1 atom stereocenters. The van der Waals surface area contributed by atoms with E-state index in [9.17, 15) is 23.1 Å². The number of hydrogen-bond donors (Lipinski definition) is 2. The van der Waals surface area contributed by atoms with Crippen LogP contribution in [0.4, 0.5) is 18.9 Å². The number of amides is 1. The lowest BCUT2D eigenvalue weighted by Crippen LogP contribution is -2.43. The number of nitrogens with zero attached hydrogens (tertiary/aromatic N) is 3. The highest BCUT2D eigenvalue weighted by atomic mass is 19.4. The monoisotopic (exact) mass is 338 g/mol. The summed E-state index contributed by atoms with van der Waals surface area (Å²) in [5, 5.41) is 25.0. The number of nitrogens with one attached hydrogen (secondary N) is 1. The number of alkyl halides is 3. The molecule has 0 fully saturated rings. The Bertz CT molecular complexity index is 777. The molecule has 2 N–H and O–H groups in total. The molecule has 0 saturated heterocycles. The Morgan fingerprint density at radius 3 is 2.71 bits per heavy atom. The third-order valence-electron chi connectivity index (χ3n) is 3.22. The maximum absolute atomic E-state index is 12.9. The van der Waals surface area contributed by atoms with E-state index >= 15 is 0 Å². The van der Waals surface area contributed by atoms with Crippen molar-refractivity contribution in [2.45, 2.75) is 25.2 Å². The standard InChI is InChI=1S/C15H13F3N4O2/c1-14(24,9-22-6-2-5-20-22)13(23)21-11-4-3-10(8-19)12(7-11)15(16,17)18/h2-7,24H,9H2,1H3,(H,21,23). The highest BCUT2D eigenvalue weighted by molar-refractivity contribution is 5.96. The van der Waals surface area contributed by atoms with Crippen molar-refractivity contribution in [3.8, 4) is 6.07 Å². The van der Waals surface area contributed by atoms with E-state index in [0.29, 0.717) is 6.07 Å². The molecule has 9 heteroatoms. The molecular weight excluding hydrogens is 325 g/mol. The van der Waals surface area contributed by atoms with Gasteiger partial charge < -0.3 is 10.4 Å². The number of hydrogen-bond acceptors (Lipinski definition) is 4. The molecule has 1 amide bonds. The number of carbonyl (C=O) groups is 1. The van der Waals surface area contributed by atoms with E-state index in [-0.39, 0.29) is 12.2 Å². The van der Waals surface area contributed by atoms with E-state index in [0.717, 1.165) is 12.1 Å². The molecule has 0 aliphatic heterocycles. The maximum atomic E-state index is 12.9. The van der Waals surface area contributed by atoms with Crippen LogP contribution in [0.25, 0.3) is 0 Å². The van der Waals surface area contributed by atoms with Gasteiger partial charge in [0.25, 0.3) is 5.91 Å². The van der Waals surface area contributed by atoms with Crippen LogP contribution in [0.3, 0.4) is 0 Å². The number of aliphatic hydroxyl groups is 1. The number of anilines is 1. The summed E-state index contributed by atoms with van der Waals surface area (Å²) in [6, 6.07) is 5.82. The summed E-state index contributed by atoms with van der Waals surface area (Å²) in [6.45, 7) is 1.05. The van der Waals surface area contributed by atoms with Crippen LogP contribution in [-0.4, -0.2) is 26.4 Å². The minimum Gasteiger partial charge on any atom is -0.378 e. The fourth-order valence-electron chi connectivity index (χ4n) is 2.00. The SMILES string of the molecule is CC(O)(Cn1cccn1)C(=O)Nc1ccc(C#N)c(C(F)(F)F)c1. The summed E-state index contributed by atoms with van der Waals surface area (Å²) >= 11 is 0. The van der Waals surface area contributed by atoms with Gasteiger partial charge in [-0.1, -0.05) is 0 Å². The minimum absolute atomic E-state index is 0.172. The van der Waals surface area contributed by atoms with E-state index in [4.69, 9.17) is 5.26 Å². The zero-order valence-electron chi connectivity index (χ0n) is 12.5. The van der Waals surface area contributed by atoms with E-state index in [1.807, 2.05) is 0 Å². The number of carbonyl (C=O) groups excluding carboxylic acids is 1. The first-order valence-corrected chi connectivity index (χ1v) is 6.76. The van der Waals surface area contributed by atoms with Crippen molar-refractivity contribution in [2.75, 3.05) is 5.32 Å². The second kappa shape index (κ2) is 6.33. The Balaban J connectivity index is 2.21. The average molecular weight is 338 g/mol. The zero-order valence-corrected chi connectivity index (χ0v) is 12.5. The van der Waals surface area contributed by atoms with E-state index < -0.39 is 28.8 Å². The lowest BCUT2D eigenvalue weighted by atomic mass is 10.0. The summed E-state index contributed by atoms with van der Waals surface area (Å²) in [5.74, 6) is -0.893. The summed E-state index contributed by atoms with van der Waals surface area (Å²) in [7, 11) is 0. The predicted octanol–water partition coefficient (Wildman–Crippen LogP) is 2.16. The molecule has 1 aromatic carbocycles. The van der Waals surface area contributed by atoms with Gasteiger partial charge in [0.2, 0.25) is 0 Å². The Labute approximate surface area is 135 Å². The van der Waals surface area contributed by atoms with Crippen molar-refractivity contribution in [3.63, 3.8) is 0 Å². The van der Waals surface area contributed by atoms with Crippen LogP contribution >= 0.6 is 0 Å². The summed E-state index contributed by atoms with van der Waals surface area (Å²) < 4.78 is 40.1. The lowest BCUT2D eigenvalue weighted by Gasteiger charge is -2.22. The van der Waals surface area contributed by atoms with Gasteiger partial charge in [0.15, 0.2) is 5.60 Å². The number of halogens is 3. The molecule has 2 rings (SSSR count). The van der Waals surface area contributed by atoms with Crippen LogP contribution in [0.5, 0.6) is 0 Å². The molecule has 0 radical (unpaired) electrons. The van der Waals surface area contributed by atoms with Gasteiger partial charge in [0, 0.05) is 18.1 Å². The molecule has 1 unspecified atom stereocenters. The summed E-state index contributed by atoms with van der Waals surface area (Å²) in [6.07, 6.45) is -1.74. The van der Waals surface area contributed by atoms with Gasteiger partial charge in [0.1, 0.15) is 0 Å². The molecule has 24 heavy (non-hydrogen) atoms. The Morgan fingerprint density at radius 1 is 1.46 bits per heavy atom. The first-order chi connectivity index (χ1) is 11.1. The largest absolute Gasteiger partial charge is 0.417 e. The molecule has 1 aromatic heterocycles. The van der Waals surface area contributed by atoms with Gasteiger partial charge in [-0.05, 0) is 31.2 Å². The van der Waals surface area contributed by atoms with Crippen LogP contribution < -0.4 is 5.32 Å². The number of rotatable bonds is 4. The van der Waals surface area contributed by atoms with Gasteiger partial charge in [-0.3, -0.25) is 9.48 Å². The number of nitriles is 1. The van der Waals surface area contributed by atoms with Gasteiger partial charge >= 0.3 is 6.18 Å². The van der Waals surface area contributed by atoms with Gasteiger partial charge in [-0.15, -0.1) is 0 Å². The highest BCUT2D eigenvalue weighted by Gasteiger charge is 2.35.